The predicted octanol–water partition coefficient (Wildman–Crippen LogP) is 1.48. The lowest BCUT2D eigenvalue weighted by Gasteiger charge is -2.22. The van der Waals surface area contributed by atoms with Crippen LogP contribution in [0.25, 0.3) is 4.85 Å². The van der Waals surface area contributed by atoms with E-state index in [0.717, 1.165) is 0 Å². The fourth-order valence-electron chi connectivity index (χ4n) is 1.61. The molecule has 0 aromatic heterocycles. The quantitative estimate of drug-likeness (QED) is 0.530. The molecule has 0 bridgehead atoms. The number of nitriles is 1. The highest BCUT2D eigenvalue weighted by atomic mass is 15.3. The summed E-state index contributed by atoms with van der Waals surface area (Å²) in [5.74, 6) is 0. The highest BCUT2D eigenvalue weighted by molar-refractivity contribution is 5.06. The van der Waals surface area contributed by atoms with Crippen LogP contribution in [0.15, 0.2) is 10.2 Å². The van der Waals surface area contributed by atoms with E-state index < -0.39 is 11.2 Å². The van der Waals surface area contributed by atoms with Gasteiger partial charge >= 0.3 is 5.66 Å². The average molecular weight is 250 g/mol. The third-order valence-corrected chi connectivity index (χ3v) is 2.21. The lowest BCUT2D eigenvalue weighted by Crippen LogP contribution is -2.36. The van der Waals surface area contributed by atoms with Crippen LogP contribution in [0.2, 0.25) is 0 Å². The average Bonchev–Trinajstić information content (AvgIpc) is 2.25. The number of nitrogens with zero attached hydrogens (tertiary/aromatic N) is 6. The van der Waals surface area contributed by atoms with Gasteiger partial charge in [0.05, 0.1) is 6.07 Å². The summed E-state index contributed by atoms with van der Waals surface area (Å²) in [6.07, 6.45) is 0. The molecule has 0 N–H and O–H groups in total. The van der Waals surface area contributed by atoms with Gasteiger partial charge in [-0.25, -0.2) is 6.57 Å². The predicted molar refractivity (Wildman–Crippen MR) is 71.0 cm³/mol. The first-order chi connectivity index (χ1) is 8.16. The maximum atomic E-state index is 9.17. The van der Waals surface area contributed by atoms with Crippen molar-refractivity contribution >= 4 is 0 Å². The smallest absolute Gasteiger partial charge is 0.306 e. The molecule has 0 fully saturated rings. The molecule has 6 heteroatoms. The lowest BCUT2D eigenvalue weighted by molar-refractivity contribution is 0.305. The molecule has 0 saturated heterocycles. The zero-order chi connectivity index (χ0) is 14.4. The van der Waals surface area contributed by atoms with Gasteiger partial charge in [0.25, 0.3) is 0 Å². The van der Waals surface area contributed by atoms with Crippen molar-refractivity contribution in [3.05, 3.63) is 11.4 Å². The molecule has 0 aliphatic carbocycles. The zero-order valence-electron chi connectivity index (χ0n) is 12.1. The first-order valence-corrected chi connectivity index (χ1v) is 5.70. The molecule has 0 spiro atoms. The molecule has 6 nitrogen and oxygen atoms in total. The summed E-state index contributed by atoms with van der Waals surface area (Å²) >= 11 is 0. The van der Waals surface area contributed by atoms with Crippen molar-refractivity contribution in [3.8, 4) is 6.07 Å². The first kappa shape index (κ1) is 16.5. The number of rotatable bonds is 6. The minimum Gasteiger partial charge on any atom is -0.306 e. The summed E-state index contributed by atoms with van der Waals surface area (Å²) in [7, 11) is 7.50. The fraction of sp³-hybridized carbons (Fsp3) is 0.833. The van der Waals surface area contributed by atoms with Crippen molar-refractivity contribution in [3.63, 3.8) is 0 Å². The molecule has 0 heterocycles. The van der Waals surface area contributed by atoms with Crippen molar-refractivity contribution in [1.29, 1.82) is 5.26 Å². The SMILES string of the molecule is [C-]#[N+]C(C)(CN(C)C)N=NC(C)(C#N)CN(C)C. The van der Waals surface area contributed by atoms with Crippen LogP contribution >= 0.6 is 0 Å². The minimum atomic E-state index is -0.937. The minimum absolute atomic E-state index is 0.475. The van der Waals surface area contributed by atoms with E-state index in [1.807, 2.05) is 38.0 Å². The Morgan fingerprint density at radius 1 is 1.11 bits per heavy atom. The Morgan fingerprint density at radius 2 is 1.61 bits per heavy atom. The fourth-order valence-corrected chi connectivity index (χ4v) is 1.61. The van der Waals surface area contributed by atoms with E-state index in [1.165, 1.54) is 0 Å². The molecule has 0 aromatic carbocycles. The molecule has 2 atom stereocenters. The van der Waals surface area contributed by atoms with Gasteiger partial charge in [0.2, 0.25) is 0 Å². The molecule has 0 rings (SSSR count). The van der Waals surface area contributed by atoms with Crippen LogP contribution in [0.4, 0.5) is 0 Å². The van der Waals surface area contributed by atoms with E-state index in [4.69, 9.17) is 11.8 Å². The van der Waals surface area contributed by atoms with E-state index >= 15 is 0 Å². The maximum Gasteiger partial charge on any atom is 0.350 e. The van der Waals surface area contributed by atoms with Crippen LogP contribution in [0.1, 0.15) is 13.8 Å². The standard InChI is InChI=1S/C12H22N6/c1-11(8-13,9-17(4)5)15-16-12(2,14-3)10-18(6)7/h9-10H2,1-2,4-7H3. The van der Waals surface area contributed by atoms with Gasteiger partial charge in [-0.1, -0.05) is 0 Å². The first-order valence-electron chi connectivity index (χ1n) is 5.70. The van der Waals surface area contributed by atoms with Gasteiger partial charge in [0.1, 0.15) is 6.54 Å². The lowest BCUT2D eigenvalue weighted by atomic mass is 10.1. The van der Waals surface area contributed by atoms with Crippen LogP contribution in [0.3, 0.4) is 0 Å². The normalized spacial score (nSPS) is 18.3. The molecular weight excluding hydrogens is 228 g/mol. The Labute approximate surface area is 110 Å². The van der Waals surface area contributed by atoms with Gasteiger partial charge in [-0.3, -0.25) is 4.85 Å². The Bertz CT molecular complexity index is 339. The van der Waals surface area contributed by atoms with E-state index in [-0.39, 0.29) is 0 Å². The highest BCUT2D eigenvalue weighted by Crippen LogP contribution is 2.18. The summed E-state index contributed by atoms with van der Waals surface area (Å²) in [5, 5.41) is 17.3. The molecule has 18 heavy (non-hydrogen) atoms. The molecule has 100 valence electrons. The van der Waals surface area contributed by atoms with Crippen molar-refractivity contribution < 1.29 is 0 Å². The van der Waals surface area contributed by atoms with Gasteiger partial charge in [-0.15, -0.1) is 5.11 Å². The molecule has 0 aliphatic heterocycles. The molecule has 0 amide bonds. The van der Waals surface area contributed by atoms with E-state index in [2.05, 4.69) is 21.1 Å². The molecule has 0 aliphatic rings. The Kier molecular flexibility index (Phi) is 5.90. The van der Waals surface area contributed by atoms with E-state index in [1.54, 1.807) is 13.8 Å². The van der Waals surface area contributed by atoms with Gasteiger partial charge in [0.15, 0.2) is 5.54 Å². The summed E-state index contributed by atoms with van der Waals surface area (Å²) in [4.78, 5) is 7.26. The topological polar surface area (TPSA) is 59.4 Å². The number of hydrogen-bond acceptors (Lipinski definition) is 5. The highest BCUT2D eigenvalue weighted by Gasteiger charge is 2.33. The molecule has 0 radical (unpaired) electrons. The molecule has 2 unspecified atom stereocenters. The number of azo groups is 1. The zero-order valence-corrected chi connectivity index (χ0v) is 12.1. The summed E-state index contributed by atoms with van der Waals surface area (Å²) in [5.41, 5.74) is -1.85. The second-order valence-electron chi connectivity index (χ2n) is 5.39. The summed E-state index contributed by atoms with van der Waals surface area (Å²) in [6.45, 7) is 11.6. The Balaban J connectivity index is 4.98. The third kappa shape index (κ3) is 5.72. The van der Waals surface area contributed by atoms with Crippen LogP contribution < -0.4 is 0 Å². The van der Waals surface area contributed by atoms with Crippen molar-refractivity contribution in [2.75, 3.05) is 41.3 Å². The summed E-state index contributed by atoms with van der Waals surface area (Å²) in [6, 6.07) is 2.14. The largest absolute Gasteiger partial charge is 0.350 e. The summed E-state index contributed by atoms with van der Waals surface area (Å²) < 4.78 is 0. The van der Waals surface area contributed by atoms with Crippen molar-refractivity contribution in [2.45, 2.75) is 25.0 Å². The molecule has 0 aromatic rings. The monoisotopic (exact) mass is 250 g/mol. The van der Waals surface area contributed by atoms with Crippen LogP contribution in [0.5, 0.6) is 0 Å². The van der Waals surface area contributed by atoms with Crippen molar-refractivity contribution in [1.82, 2.24) is 9.80 Å². The van der Waals surface area contributed by atoms with Crippen LogP contribution in [-0.4, -0.2) is 62.3 Å². The van der Waals surface area contributed by atoms with Crippen LogP contribution in [-0.2, 0) is 0 Å². The maximum absolute atomic E-state index is 9.17. The number of hydrogen-bond donors (Lipinski definition) is 0. The van der Waals surface area contributed by atoms with Gasteiger partial charge in [-0.05, 0) is 35.1 Å². The Hall–Kier alpha value is -1.50. The van der Waals surface area contributed by atoms with E-state index in [0.29, 0.717) is 13.1 Å². The van der Waals surface area contributed by atoms with Crippen molar-refractivity contribution in [2.24, 2.45) is 10.2 Å². The number of likely N-dealkylation sites (N-methyl/N-ethyl adjacent to an activating group) is 2. The third-order valence-electron chi connectivity index (χ3n) is 2.21. The van der Waals surface area contributed by atoms with E-state index in [9.17, 15) is 0 Å². The van der Waals surface area contributed by atoms with Crippen LogP contribution in [0, 0.1) is 17.9 Å². The Morgan fingerprint density at radius 3 is 1.94 bits per heavy atom. The second kappa shape index (κ2) is 6.44. The molecular formula is C12H22N6. The second-order valence-corrected chi connectivity index (χ2v) is 5.39. The van der Waals surface area contributed by atoms with Gasteiger partial charge < -0.3 is 9.80 Å². The van der Waals surface area contributed by atoms with Gasteiger partial charge in [0, 0.05) is 13.5 Å². The van der Waals surface area contributed by atoms with Gasteiger partial charge in [-0.2, -0.15) is 10.4 Å². The molecule has 0 saturated carbocycles.